The smallest absolute Gasteiger partial charge is 0.135 e. The van der Waals surface area contributed by atoms with Gasteiger partial charge in [0.15, 0.2) is 0 Å². The Balaban J connectivity index is 0.00000675. The van der Waals surface area contributed by atoms with Crippen LogP contribution in [0.15, 0.2) is 219 Å². The summed E-state index contributed by atoms with van der Waals surface area (Å²) < 4.78 is 9.31. The zero-order chi connectivity index (χ0) is 54.8. The van der Waals surface area contributed by atoms with Crippen molar-refractivity contribution in [3.8, 4) is 39.6 Å². The van der Waals surface area contributed by atoms with Gasteiger partial charge in [0.05, 0.1) is 0 Å². The maximum atomic E-state index is 7.08. The van der Waals surface area contributed by atoms with Crippen LogP contribution in [-0.2, 0) is 42.7 Å². The van der Waals surface area contributed by atoms with Crippen LogP contribution >= 0.6 is 0 Å². The summed E-state index contributed by atoms with van der Waals surface area (Å²) in [5.74, 6) is 2.03. The predicted molar refractivity (Wildman–Crippen MR) is 330 cm³/mol. The zero-order valence-corrected chi connectivity index (χ0v) is 49.6. The molecule has 5 nitrogen and oxygen atoms in total. The van der Waals surface area contributed by atoms with Crippen LogP contribution in [-0.4, -0.2) is 9.55 Å². The number of rotatable bonds is 11. The first-order valence-electron chi connectivity index (χ1n) is 27.6. The number of ether oxygens (including phenoxy) is 1. The quantitative estimate of drug-likeness (QED) is 0.121. The van der Waals surface area contributed by atoms with Crippen molar-refractivity contribution in [2.24, 2.45) is 0 Å². The molecule has 0 unspecified atom stereocenters. The molecule has 0 saturated heterocycles. The molecule has 3 heterocycles. The molecule has 2 aromatic heterocycles. The van der Waals surface area contributed by atoms with Crippen molar-refractivity contribution in [1.29, 1.82) is 0 Å². The Hall–Kier alpha value is -7.98. The van der Waals surface area contributed by atoms with E-state index in [1.165, 1.54) is 38.9 Å². The molecule has 0 saturated carbocycles. The van der Waals surface area contributed by atoms with Gasteiger partial charge in [-0.3, -0.25) is 0 Å². The van der Waals surface area contributed by atoms with Crippen LogP contribution in [0.3, 0.4) is 0 Å². The number of anilines is 4. The standard InChI is InChI=1S/C74H67N4O.Pt/c1-71(2,3)56-37-38-75-70(46-56)78-66-35-31-52(50-23-15-11-16-24-50)41-65(66)64-34-33-62(48-68(64)78)79-63-44-58(72(4,5)6)42-61(47-63)77-49-76(67-36-32-57(45-69(67)77)73(7,8)54-27-19-13-20-28-54)60-40-53(51-25-17-12-18-26-51)39-59(43-60)74(9,10)55-29-21-14-22-30-55;/h11-46,49H,1-10H3;/q-3;. The predicted octanol–water partition coefficient (Wildman–Crippen LogP) is 19.6. The monoisotopic (exact) mass is 1220 g/mol. The summed E-state index contributed by atoms with van der Waals surface area (Å²) in [6.07, 6.45) is 1.92. The van der Waals surface area contributed by atoms with E-state index in [4.69, 9.17) is 9.72 Å². The molecule has 0 fully saturated rings. The van der Waals surface area contributed by atoms with Crippen molar-refractivity contribution >= 4 is 44.6 Å². The first kappa shape index (κ1) is 54.0. The van der Waals surface area contributed by atoms with Crippen LogP contribution in [0.4, 0.5) is 22.7 Å². The van der Waals surface area contributed by atoms with Gasteiger partial charge in [-0.15, -0.1) is 53.6 Å². The van der Waals surface area contributed by atoms with Crippen molar-refractivity contribution in [2.75, 3.05) is 9.80 Å². The third kappa shape index (κ3) is 10.2. The Morgan fingerprint density at radius 1 is 0.412 bits per heavy atom. The summed E-state index contributed by atoms with van der Waals surface area (Å²) in [5.41, 5.74) is 17.1. The van der Waals surface area contributed by atoms with E-state index in [0.29, 0.717) is 11.5 Å². The van der Waals surface area contributed by atoms with Crippen LogP contribution in [0.2, 0.25) is 0 Å². The molecule has 0 bridgehead atoms. The van der Waals surface area contributed by atoms with Gasteiger partial charge in [0.1, 0.15) is 5.82 Å². The number of pyridine rings is 1. The number of fused-ring (bicyclic) bond motifs is 4. The van der Waals surface area contributed by atoms with Crippen LogP contribution in [0, 0.1) is 18.8 Å². The normalized spacial score (nSPS) is 12.9. The van der Waals surface area contributed by atoms with Crippen molar-refractivity contribution in [3.05, 3.63) is 271 Å². The van der Waals surface area contributed by atoms with E-state index >= 15 is 0 Å². The molecule has 6 heteroatoms. The molecule has 1 aliphatic rings. The van der Waals surface area contributed by atoms with Gasteiger partial charge in [-0.2, -0.15) is 6.07 Å². The summed E-state index contributed by atoms with van der Waals surface area (Å²) in [6.45, 7) is 25.0. The Kier molecular flexibility index (Phi) is 14.1. The summed E-state index contributed by atoms with van der Waals surface area (Å²) in [7, 11) is 0. The van der Waals surface area contributed by atoms with Gasteiger partial charge in [-0.1, -0.05) is 220 Å². The fraction of sp³-hybridized carbons (Fsp3) is 0.189. The molecular weight excluding hydrogens is 1160 g/mol. The van der Waals surface area contributed by atoms with Gasteiger partial charge in [-0.05, 0) is 109 Å². The Morgan fingerprint density at radius 3 is 1.66 bits per heavy atom. The van der Waals surface area contributed by atoms with Crippen molar-refractivity contribution in [3.63, 3.8) is 0 Å². The molecule has 9 aromatic carbocycles. The number of aromatic nitrogens is 2. The van der Waals surface area contributed by atoms with Crippen LogP contribution in [0.1, 0.15) is 103 Å². The fourth-order valence-electron chi connectivity index (χ4n) is 11.2. The van der Waals surface area contributed by atoms with Gasteiger partial charge in [0, 0.05) is 72.2 Å². The van der Waals surface area contributed by atoms with Gasteiger partial charge in [0.25, 0.3) is 0 Å². The second kappa shape index (κ2) is 20.9. The van der Waals surface area contributed by atoms with Gasteiger partial charge >= 0.3 is 0 Å². The third-order valence-corrected chi connectivity index (χ3v) is 16.2. The van der Waals surface area contributed by atoms with Crippen molar-refractivity contribution in [1.82, 2.24) is 9.55 Å². The minimum Gasteiger partial charge on any atom is -0.509 e. The van der Waals surface area contributed by atoms with Gasteiger partial charge in [0.2, 0.25) is 0 Å². The minimum atomic E-state index is -0.292. The minimum absolute atomic E-state index is 0. The first-order chi connectivity index (χ1) is 37.9. The van der Waals surface area contributed by atoms with E-state index in [1.807, 2.05) is 12.3 Å². The molecule has 0 atom stereocenters. The number of hydrogen-bond acceptors (Lipinski definition) is 4. The molecule has 0 spiro atoms. The van der Waals surface area contributed by atoms with E-state index in [-0.39, 0.29) is 42.7 Å². The molecular formula is C74H67N4OPt-3. The molecule has 12 rings (SSSR count). The number of benzene rings is 9. The second-order valence-corrected chi connectivity index (χ2v) is 24.3. The molecule has 11 aromatic rings. The van der Waals surface area contributed by atoms with E-state index < -0.39 is 0 Å². The summed E-state index contributed by atoms with van der Waals surface area (Å²) in [5, 5.41) is 2.19. The summed E-state index contributed by atoms with van der Waals surface area (Å²) in [6, 6.07) is 84.3. The van der Waals surface area contributed by atoms with E-state index in [0.717, 1.165) is 67.1 Å². The maximum absolute atomic E-state index is 7.08. The fourth-order valence-corrected chi connectivity index (χ4v) is 11.2. The van der Waals surface area contributed by atoms with Gasteiger partial charge < -0.3 is 19.1 Å². The van der Waals surface area contributed by atoms with Crippen LogP contribution in [0.5, 0.6) is 11.5 Å². The van der Waals surface area contributed by atoms with E-state index in [2.05, 4.69) is 309 Å². The van der Waals surface area contributed by atoms with Crippen molar-refractivity contribution in [2.45, 2.75) is 90.9 Å². The maximum Gasteiger partial charge on any atom is 0.135 e. The van der Waals surface area contributed by atoms with E-state index in [9.17, 15) is 0 Å². The van der Waals surface area contributed by atoms with Gasteiger partial charge in [-0.25, -0.2) is 4.98 Å². The topological polar surface area (TPSA) is 33.5 Å². The summed E-state index contributed by atoms with van der Waals surface area (Å²) >= 11 is 0. The summed E-state index contributed by atoms with van der Waals surface area (Å²) in [4.78, 5) is 9.67. The van der Waals surface area contributed by atoms with E-state index in [1.54, 1.807) is 0 Å². The molecule has 402 valence electrons. The molecule has 0 N–H and O–H groups in total. The molecule has 1 aliphatic heterocycles. The average molecular weight is 1220 g/mol. The second-order valence-electron chi connectivity index (χ2n) is 24.3. The zero-order valence-electron chi connectivity index (χ0n) is 47.4. The Bertz CT molecular complexity index is 4040. The average Bonchev–Trinajstić information content (AvgIpc) is 3.84. The SMILES string of the molecule is CC(C)(C)c1cc(Oc2[c-]c3c(cc2)c2cc(-c4ccccc4)ccc2n3-c2cc(C(C)(C)C)ccn2)[c-]c(N2[CH-]N(c3cc(-c4ccccc4)cc(C(C)(C)c4ccccc4)c3)c3ccc(C(C)(C)c4ccccc4)cc32)c1.[Pt]. The molecule has 0 radical (unpaired) electrons. The van der Waals surface area contributed by atoms with Crippen LogP contribution in [0.25, 0.3) is 49.9 Å². The molecule has 0 amide bonds. The first-order valence-corrected chi connectivity index (χ1v) is 27.6. The Morgan fingerprint density at radius 2 is 1.02 bits per heavy atom. The number of hydrogen-bond donors (Lipinski definition) is 0. The van der Waals surface area contributed by atoms with Crippen LogP contribution < -0.4 is 14.5 Å². The van der Waals surface area contributed by atoms with Crippen molar-refractivity contribution < 1.29 is 25.8 Å². The number of nitrogens with zero attached hydrogens (tertiary/aromatic N) is 4. The molecule has 0 aliphatic carbocycles. The largest absolute Gasteiger partial charge is 0.509 e. The third-order valence-electron chi connectivity index (χ3n) is 16.2. The Labute approximate surface area is 487 Å². The molecule has 80 heavy (non-hydrogen) atoms.